The molecule has 0 saturated heterocycles. The molecule has 0 bridgehead atoms. The van der Waals surface area contributed by atoms with Crippen molar-refractivity contribution >= 4 is 29.0 Å². The van der Waals surface area contributed by atoms with E-state index in [1.165, 1.54) is 0 Å². The van der Waals surface area contributed by atoms with Gasteiger partial charge in [0, 0.05) is 22.3 Å². The van der Waals surface area contributed by atoms with Crippen LogP contribution in [-0.2, 0) is 0 Å². The summed E-state index contributed by atoms with van der Waals surface area (Å²) < 4.78 is 5.64. The minimum absolute atomic E-state index is 0.189. The first-order chi connectivity index (χ1) is 11.1. The van der Waals surface area contributed by atoms with Gasteiger partial charge in [-0.15, -0.1) is 0 Å². The first kappa shape index (κ1) is 15.5. The highest BCUT2D eigenvalue weighted by molar-refractivity contribution is 6.36. The van der Waals surface area contributed by atoms with Crippen LogP contribution < -0.4 is 4.74 Å². The zero-order valence-electron chi connectivity index (χ0n) is 11.9. The lowest BCUT2D eigenvalue weighted by Gasteiger charge is -2.07. The number of hydrogen-bond donors (Lipinski definition) is 0. The number of rotatable bonds is 4. The average Bonchev–Trinajstić information content (AvgIpc) is 2.58. The number of ether oxygens (including phenoxy) is 1. The molecule has 0 saturated carbocycles. The van der Waals surface area contributed by atoms with Crippen molar-refractivity contribution in [3.63, 3.8) is 0 Å². The normalized spacial score (nSPS) is 10.3. The van der Waals surface area contributed by atoms with Crippen LogP contribution in [0.15, 0.2) is 67.0 Å². The molecule has 0 spiro atoms. The average molecular weight is 344 g/mol. The molecule has 3 nitrogen and oxygen atoms in total. The molecule has 0 unspecified atom stereocenters. The SMILES string of the molecule is O=C(c1ccc(Oc2cccnc2)cc1)c1cc(Cl)ccc1Cl. The van der Waals surface area contributed by atoms with E-state index < -0.39 is 0 Å². The number of hydrogen-bond acceptors (Lipinski definition) is 3. The van der Waals surface area contributed by atoms with E-state index in [0.717, 1.165) is 0 Å². The van der Waals surface area contributed by atoms with E-state index in [9.17, 15) is 4.79 Å². The quantitative estimate of drug-likeness (QED) is 0.594. The largest absolute Gasteiger partial charge is 0.456 e. The van der Waals surface area contributed by atoms with Crippen molar-refractivity contribution in [2.75, 3.05) is 0 Å². The molecule has 1 aromatic heterocycles. The molecule has 23 heavy (non-hydrogen) atoms. The first-order valence-electron chi connectivity index (χ1n) is 6.81. The van der Waals surface area contributed by atoms with Crippen molar-refractivity contribution in [2.45, 2.75) is 0 Å². The number of aromatic nitrogens is 1. The van der Waals surface area contributed by atoms with Gasteiger partial charge < -0.3 is 4.74 Å². The topological polar surface area (TPSA) is 39.2 Å². The smallest absolute Gasteiger partial charge is 0.194 e. The van der Waals surface area contributed by atoms with Crippen LogP contribution in [0, 0.1) is 0 Å². The van der Waals surface area contributed by atoms with Crippen LogP contribution in [0.4, 0.5) is 0 Å². The third-order valence-electron chi connectivity index (χ3n) is 3.16. The van der Waals surface area contributed by atoms with Crippen LogP contribution in [0.2, 0.25) is 10.0 Å². The minimum atomic E-state index is -0.189. The van der Waals surface area contributed by atoms with E-state index in [1.54, 1.807) is 67.0 Å². The summed E-state index contributed by atoms with van der Waals surface area (Å²) in [7, 11) is 0. The Morgan fingerprint density at radius 1 is 0.957 bits per heavy atom. The summed E-state index contributed by atoms with van der Waals surface area (Å²) in [5.74, 6) is 1.06. The molecular formula is C18H11Cl2NO2. The van der Waals surface area contributed by atoms with Gasteiger partial charge >= 0.3 is 0 Å². The van der Waals surface area contributed by atoms with Crippen LogP contribution in [0.1, 0.15) is 15.9 Å². The Kier molecular flexibility index (Phi) is 4.60. The van der Waals surface area contributed by atoms with Crippen molar-refractivity contribution in [2.24, 2.45) is 0 Å². The van der Waals surface area contributed by atoms with Gasteiger partial charge in [0.1, 0.15) is 11.5 Å². The lowest BCUT2D eigenvalue weighted by atomic mass is 10.0. The molecule has 0 amide bonds. The molecule has 0 atom stereocenters. The van der Waals surface area contributed by atoms with Crippen molar-refractivity contribution in [1.82, 2.24) is 4.98 Å². The highest BCUT2D eigenvalue weighted by Crippen LogP contribution is 2.25. The molecule has 0 N–H and O–H groups in total. The summed E-state index contributed by atoms with van der Waals surface area (Å²) in [6.45, 7) is 0. The fourth-order valence-electron chi connectivity index (χ4n) is 2.04. The van der Waals surface area contributed by atoms with Crippen LogP contribution in [-0.4, -0.2) is 10.8 Å². The first-order valence-corrected chi connectivity index (χ1v) is 7.57. The lowest BCUT2D eigenvalue weighted by molar-refractivity contribution is 0.103. The fourth-order valence-corrected chi connectivity index (χ4v) is 2.42. The van der Waals surface area contributed by atoms with E-state index in [-0.39, 0.29) is 5.78 Å². The zero-order valence-corrected chi connectivity index (χ0v) is 13.4. The molecule has 3 rings (SSSR count). The van der Waals surface area contributed by atoms with Crippen molar-refractivity contribution in [1.29, 1.82) is 0 Å². The number of halogens is 2. The number of nitrogens with zero attached hydrogens (tertiary/aromatic N) is 1. The Morgan fingerprint density at radius 2 is 1.74 bits per heavy atom. The standard InChI is InChI=1S/C18H11Cl2NO2/c19-13-5-8-17(20)16(10-13)18(22)12-3-6-14(7-4-12)23-15-2-1-9-21-11-15/h1-11H. The van der Waals surface area contributed by atoms with Crippen LogP contribution in [0.5, 0.6) is 11.5 Å². The monoisotopic (exact) mass is 343 g/mol. The van der Waals surface area contributed by atoms with Crippen molar-refractivity contribution in [3.05, 3.63) is 88.2 Å². The molecule has 0 aliphatic carbocycles. The summed E-state index contributed by atoms with van der Waals surface area (Å²) in [6, 6.07) is 15.2. The number of carbonyl (C=O) groups is 1. The highest BCUT2D eigenvalue weighted by Gasteiger charge is 2.13. The predicted octanol–water partition coefficient (Wildman–Crippen LogP) is 5.41. The van der Waals surface area contributed by atoms with Gasteiger partial charge in [-0.2, -0.15) is 0 Å². The Hall–Kier alpha value is -2.36. The maximum Gasteiger partial charge on any atom is 0.194 e. The molecule has 2 aromatic carbocycles. The molecule has 5 heteroatoms. The van der Waals surface area contributed by atoms with Crippen molar-refractivity contribution < 1.29 is 9.53 Å². The van der Waals surface area contributed by atoms with Crippen LogP contribution >= 0.6 is 23.2 Å². The lowest BCUT2D eigenvalue weighted by Crippen LogP contribution is -2.02. The molecule has 3 aromatic rings. The molecule has 0 fully saturated rings. The third-order valence-corrected chi connectivity index (χ3v) is 3.72. The van der Waals surface area contributed by atoms with Gasteiger partial charge in [0.15, 0.2) is 5.78 Å². The Morgan fingerprint density at radius 3 is 2.43 bits per heavy atom. The highest BCUT2D eigenvalue weighted by atomic mass is 35.5. The zero-order chi connectivity index (χ0) is 16.2. The van der Waals surface area contributed by atoms with Gasteiger partial charge in [0.2, 0.25) is 0 Å². The van der Waals surface area contributed by atoms with Gasteiger partial charge in [-0.3, -0.25) is 9.78 Å². The van der Waals surface area contributed by atoms with Gasteiger partial charge in [-0.05, 0) is 54.6 Å². The molecule has 0 aliphatic heterocycles. The number of pyridine rings is 1. The van der Waals surface area contributed by atoms with E-state index in [0.29, 0.717) is 32.7 Å². The predicted molar refractivity (Wildman–Crippen MR) is 90.6 cm³/mol. The molecule has 0 radical (unpaired) electrons. The van der Waals surface area contributed by atoms with E-state index in [4.69, 9.17) is 27.9 Å². The summed E-state index contributed by atoms with van der Waals surface area (Å²) in [5, 5.41) is 0.837. The number of carbonyl (C=O) groups excluding carboxylic acids is 1. The summed E-state index contributed by atoms with van der Waals surface area (Å²) in [4.78, 5) is 16.5. The maximum atomic E-state index is 12.5. The number of benzene rings is 2. The van der Waals surface area contributed by atoms with Gasteiger partial charge in [0.05, 0.1) is 11.2 Å². The Bertz CT molecular complexity index is 833. The molecule has 1 heterocycles. The van der Waals surface area contributed by atoms with Crippen LogP contribution in [0.3, 0.4) is 0 Å². The molecule has 114 valence electrons. The molecular weight excluding hydrogens is 333 g/mol. The van der Waals surface area contributed by atoms with Gasteiger partial charge in [-0.1, -0.05) is 23.2 Å². The second-order valence-corrected chi connectivity index (χ2v) is 5.61. The van der Waals surface area contributed by atoms with E-state index >= 15 is 0 Å². The third kappa shape index (κ3) is 3.70. The summed E-state index contributed by atoms with van der Waals surface area (Å²) >= 11 is 12.0. The number of ketones is 1. The minimum Gasteiger partial charge on any atom is -0.456 e. The van der Waals surface area contributed by atoms with E-state index in [1.807, 2.05) is 0 Å². The van der Waals surface area contributed by atoms with Crippen molar-refractivity contribution in [3.8, 4) is 11.5 Å². The fraction of sp³-hybridized carbons (Fsp3) is 0. The van der Waals surface area contributed by atoms with E-state index in [2.05, 4.69) is 4.98 Å². The van der Waals surface area contributed by atoms with Gasteiger partial charge in [0.25, 0.3) is 0 Å². The second-order valence-electron chi connectivity index (χ2n) is 4.77. The van der Waals surface area contributed by atoms with Crippen LogP contribution in [0.25, 0.3) is 0 Å². The van der Waals surface area contributed by atoms with Gasteiger partial charge in [-0.25, -0.2) is 0 Å². The Labute approximate surface area is 143 Å². The second kappa shape index (κ2) is 6.82. The summed E-state index contributed by atoms with van der Waals surface area (Å²) in [5.41, 5.74) is 0.882. The summed E-state index contributed by atoms with van der Waals surface area (Å²) in [6.07, 6.45) is 3.29. The maximum absolute atomic E-state index is 12.5. The molecule has 0 aliphatic rings. The Balaban J connectivity index is 1.82.